The van der Waals surface area contributed by atoms with Crippen LogP contribution in [0.4, 0.5) is 13.9 Å². The molecule has 1 amide bonds. The van der Waals surface area contributed by atoms with Crippen LogP contribution in [0.3, 0.4) is 0 Å². The minimum Gasteiger partial charge on any atom is -0.360 e. The van der Waals surface area contributed by atoms with Crippen molar-refractivity contribution in [2.24, 2.45) is 0 Å². The lowest BCUT2D eigenvalue weighted by molar-refractivity contribution is 0.0984. The van der Waals surface area contributed by atoms with Crippen LogP contribution in [0.2, 0.25) is 5.02 Å². The van der Waals surface area contributed by atoms with E-state index >= 15 is 0 Å². The maximum Gasteiger partial charge on any atom is 0.266 e. The second-order valence-corrected chi connectivity index (χ2v) is 8.97. The van der Waals surface area contributed by atoms with Gasteiger partial charge in [-0.15, -0.1) is 0 Å². The molecule has 0 N–H and O–H groups in total. The minimum atomic E-state index is -0.789. The van der Waals surface area contributed by atoms with E-state index in [1.807, 2.05) is 30.3 Å². The molecule has 0 radical (unpaired) electrons. The molecule has 2 heterocycles. The molecular weight excluding hydrogens is 480 g/mol. The Morgan fingerprint density at radius 2 is 1.82 bits per heavy atom. The molecule has 0 saturated heterocycles. The van der Waals surface area contributed by atoms with Gasteiger partial charge in [0.05, 0.1) is 16.3 Å². The molecule has 0 aliphatic heterocycles. The molecule has 0 spiro atoms. The van der Waals surface area contributed by atoms with Crippen LogP contribution in [0.25, 0.3) is 21.5 Å². The van der Waals surface area contributed by atoms with Crippen LogP contribution in [0.5, 0.6) is 0 Å². The Kier molecular flexibility index (Phi) is 5.85. The number of thiazole rings is 1. The van der Waals surface area contributed by atoms with Gasteiger partial charge >= 0.3 is 0 Å². The van der Waals surface area contributed by atoms with Gasteiger partial charge in [-0.1, -0.05) is 76.6 Å². The van der Waals surface area contributed by atoms with Crippen molar-refractivity contribution < 1.29 is 18.1 Å². The molecule has 170 valence electrons. The Morgan fingerprint density at radius 1 is 1.09 bits per heavy atom. The number of rotatable bonds is 5. The third kappa shape index (κ3) is 4.06. The second kappa shape index (κ2) is 8.96. The topological polar surface area (TPSA) is 59.2 Å². The highest BCUT2D eigenvalue weighted by Crippen LogP contribution is 2.36. The summed E-state index contributed by atoms with van der Waals surface area (Å²) in [4.78, 5) is 19.7. The van der Waals surface area contributed by atoms with Gasteiger partial charge in [0.2, 0.25) is 0 Å². The maximum absolute atomic E-state index is 14.4. The number of benzene rings is 3. The van der Waals surface area contributed by atoms with E-state index in [2.05, 4.69) is 10.1 Å². The normalized spacial score (nSPS) is 11.2. The standard InChI is InChI=1S/C25H16ClF2N3O2S/c1-14-21(22(30-33-14)17-9-5-6-10-18(17)26)24(32)31(13-15-7-3-2-4-8-15)25-29-23-19(28)11-16(27)12-20(23)34-25/h2-12H,13H2,1H3. The predicted octanol–water partition coefficient (Wildman–Crippen LogP) is 7.04. The second-order valence-electron chi connectivity index (χ2n) is 7.55. The Hall–Kier alpha value is -3.62. The number of fused-ring (bicyclic) bond motifs is 1. The van der Waals surface area contributed by atoms with E-state index in [1.54, 1.807) is 31.2 Å². The van der Waals surface area contributed by atoms with Gasteiger partial charge in [-0.05, 0) is 24.6 Å². The summed E-state index contributed by atoms with van der Waals surface area (Å²) in [6.45, 7) is 1.78. The number of carbonyl (C=O) groups excluding carboxylic acids is 1. The van der Waals surface area contributed by atoms with Gasteiger partial charge in [-0.2, -0.15) is 0 Å². The SMILES string of the molecule is Cc1onc(-c2ccccc2Cl)c1C(=O)N(Cc1ccccc1)c1nc2c(F)cc(F)cc2s1. The Labute approximate surface area is 202 Å². The number of hydrogen-bond donors (Lipinski definition) is 0. The molecule has 0 fully saturated rings. The number of aromatic nitrogens is 2. The first kappa shape index (κ1) is 22.2. The number of hydrogen-bond acceptors (Lipinski definition) is 5. The smallest absolute Gasteiger partial charge is 0.266 e. The number of amides is 1. The molecule has 2 aromatic heterocycles. The fourth-order valence-electron chi connectivity index (χ4n) is 3.65. The van der Waals surface area contributed by atoms with Gasteiger partial charge in [-0.3, -0.25) is 9.69 Å². The van der Waals surface area contributed by atoms with Gasteiger partial charge in [0.1, 0.15) is 28.4 Å². The lowest BCUT2D eigenvalue weighted by atomic mass is 10.0. The largest absolute Gasteiger partial charge is 0.360 e. The number of carbonyl (C=O) groups is 1. The van der Waals surface area contributed by atoms with Gasteiger partial charge in [0, 0.05) is 11.6 Å². The summed E-state index contributed by atoms with van der Waals surface area (Å²) in [6.07, 6.45) is 0. The first-order valence-electron chi connectivity index (χ1n) is 10.2. The van der Waals surface area contributed by atoms with Crippen LogP contribution in [-0.4, -0.2) is 16.0 Å². The number of anilines is 1. The van der Waals surface area contributed by atoms with Gasteiger partial charge in [-0.25, -0.2) is 13.8 Å². The fraction of sp³-hybridized carbons (Fsp3) is 0.0800. The molecule has 3 aromatic carbocycles. The number of aryl methyl sites for hydroxylation is 1. The van der Waals surface area contributed by atoms with E-state index in [-0.39, 0.29) is 22.8 Å². The van der Waals surface area contributed by atoms with Gasteiger partial charge in [0.15, 0.2) is 10.9 Å². The third-order valence-electron chi connectivity index (χ3n) is 5.27. The van der Waals surface area contributed by atoms with Crippen molar-refractivity contribution in [3.63, 3.8) is 0 Å². The summed E-state index contributed by atoms with van der Waals surface area (Å²) in [5, 5.41) is 4.72. The minimum absolute atomic E-state index is 0.000583. The summed E-state index contributed by atoms with van der Waals surface area (Å²) in [5.74, 6) is -1.65. The first-order chi connectivity index (χ1) is 16.4. The lowest BCUT2D eigenvalue weighted by Gasteiger charge is -2.20. The van der Waals surface area contributed by atoms with Crippen molar-refractivity contribution in [1.29, 1.82) is 0 Å². The van der Waals surface area contributed by atoms with Crippen LogP contribution < -0.4 is 4.90 Å². The summed E-state index contributed by atoms with van der Waals surface area (Å²) in [5.41, 5.74) is 1.89. The number of nitrogens with zero attached hydrogens (tertiary/aromatic N) is 3. The summed E-state index contributed by atoms with van der Waals surface area (Å²) in [7, 11) is 0. The zero-order valence-electron chi connectivity index (χ0n) is 17.8. The van der Waals surface area contributed by atoms with Crippen LogP contribution in [0.15, 0.2) is 71.3 Å². The predicted molar refractivity (Wildman–Crippen MR) is 128 cm³/mol. The Bertz CT molecular complexity index is 1520. The maximum atomic E-state index is 14.4. The highest BCUT2D eigenvalue weighted by Gasteiger charge is 2.30. The van der Waals surface area contributed by atoms with Crippen molar-refractivity contribution in [2.45, 2.75) is 13.5 Å². The Morgan fingerprint density at radius 3 is 2.59 bits per heavy atom. The molecule has 5 rings (SSSR count). The highest BCUT2D eigenvalue weighted by atomic mass is 35.5. The zero-order valence-corrected chi connectivity index (χ0v) is 19.3. The molecule has 34 heavy (non-hydrogen) atoms. The third-order valence-corrected chi connectivity index (χ3v) is 6.62. The highest BCUT2D eigenvalue weighted by molar-refractivity contribution is 7.22. The lowest BCUT2D eigenvalue weighted by Crippen LogP contribution is -2.31. The van der Waals surface area contributed by atoms with Crippen LogP contribution >= 0.6 is 22.9 Å². The fourth-order valence-corrected chi connectivity index (χ4v) is 4.88. The van der Waals surface area contributed by atoms with E-state index in [0.29, 0.717) is 26.7 Å². The molecule has 5 nitrogen and oxygen atoms in total. The van der Waals surface area contributed by atoms with E-state index in [1.165, 1.54) is 11.0 Å². The molecule has 9 heteroatoms. The summed E-state index contributed by atoms with van der Waals surface area (Å²) >= 11 is 7.39. The molecule has 0 bridgehead atoms. The van der Waals surface area contributed by atoms with Crippen LogP contribution in [0, 0.1) is 18.6 Å². The van der Waals surface area contributed by atoms with Crippen molar-refractivity contribution in [2.75, 3.05) is 4.90 Å². The van der Waals surface area contributed by atoms with Gasteiger partial charge < -0.3 is 4.52 Å². The molecular formula is C25H16ClF2N3O2S. The van der Waals surface area contributed by atoms with Crippen LogP contribution in [0.1, 0.15) is 21.7 Å². The number of halogens is 3. The molecule has 0 unspecified atom stereocenters. The zero-order chi connectivity index (χ0) is 23.8. The van der Waals surface area contributed by atoms with Gasteiger partial charge in [0.25, 0.3) is 5.91 Å². The van der Waals surface area contributed by atoms with E-state index < -0.39 is 17.5 Å². The van der Waals surface area contributed by atoms with Crippen molar-refractivity contribution in [3.8, 4) is 11.3 Å². The Balaban J connectivity index is 1.65. The quantitative estimate of drug-likeness (QED) is 0.262. The van der Waals surface area contributed by atoms with Crippen molar-refractivity contribution in [3.05, 3.63) is 100 Å². The van der Waals surface area contributed by atoms with Crippen LogP contribution in [-0.2, 0) is 6.54 Å². The van der Waals surface area contributed by atoms with E-state index in [0.717, 1.165) is 23.0 Å². The first-order valence-corrected chi connectivity index (χ1v) is 11.4. The molecule has 0 aliphatic carbocycles. The molecule has 0 atom stereocenters. The average Bonchev–Trinajstić information content (AvgIpc) is 3.42. The van der Waals surface area contributed by atoms with E-state index in [4.69, 9.17) is 16.1 Å². The van der Waals surface area contributed by atoms with Crippen molar-refractivity contribution >= 4 is 44.2 Å². The molecule has 0 aliphatic rings. The summed E-state index contributed by atoms with van der Waals surface area (Å²) in [6, 6.07) is 18.3. The van der Waals surface area contributed by atoms with Crippen molar-refractivity contribution in [1.82, 2.24) is 10.1 Å². The summed E-state index contributed by atoms with van der Waals surface area (Å²) < 4.78 is 33.8. The average molecular weight is 496 g/mol. The molecule has 5 aromatic rings. The van der Waals surface area contributed by atoms with E-state index in [9.17, 15) is 13.6 Å². The monoisotopic (exact) mass is 495 g/mol. The molecule has 0 saturated carbocycles.